The Morgan fingerprint density at radius 2 is 1.63 bits per heavy atom. The minimum Gasteiger partial charge on any atom is -0.444 e. The van der Waals surface area contributed by atoms with Gasteiger partial charge >= 0.3 is 6.09 Å². The van der Waals surface area contributed by atoms with Gasteiger partial charge in [-0.2, -0.15) is 0 Å². The van der Waals surface area contributed by atoms with E-state index < -0.39 is 29.4 Å². The van der Waals surface area contributed by atoms with E-state index in [1.807, 2.05) is 31.7 Å². The number of ether oxygens (including phenoxy) is 1. The third-order valence-electron chi connectivity index (χ3n) is 9.01. The molecule has 1 N–H and O–H groups in total. The molecule has 4 heterocycles. The minimum absolute atomic E-state index is 0.0757. The third kappa shape index (κ3) is 6.41. The predicted molar refractivity (Wildman–Crippen MR) is 161 cm³/mol. The fraction of sp³-hybridized carbons (Fsp3) is 0.656. The second-order valence-corrected chi connectivity index (χ2v) is 14.4. The first kappa shape index (κ1) is 31.0. The summed E-state index contributed by atoms with van der Waals surface area (Å²) >= 11 is 0. The zero-order valence-corrected chi connectivity index (χ0v) is 26.3. The quantitative estimate of drug-likeness (QED) is 0.527. The van der Waals surface area contributed by atoms with Crippen molar-refractivity contribution in [3.05, 3.63) is 29.3 Å². The first-order chi connectivity index (χ1) is 20.1. The fourth-order valence-electron chi connectivity index (χ4n) is 6.86. The lowest BCUT2D eigenvalue weighted by Crippen LogP contribution is -2.55. The largest absolute Gasteiger partial charge is 0.444 e. The maximum Gasteiger partial charge on any atom is 0.410 e. The lowest BCUT2D eigenvalue weighted by atomic mass is 9.77. The van der Waals surface area contributed by atoms with E-state index in [0.717, 1.165) is 37.4 Å². The zero-order valence-electron chi connectivity index (χ0n) is 26.3. The van der Waals surface area contributed by atoms with Crippen LogP contribution in [0.3, 0.4) is 0 Å². The first-order valence-corrected chi connectivity index (χ1v) is 15.5. The summed E-state index contributed by atoms with van der Waals surface area (Å²) in [4.78, 5) is 71.5. The van der Waals surface area contributed by atoms with Crippen LogP contribution in [0.1, 0.15) is 87.9 Å². The van der Waals surface area contributed by atoms with E-state index in [9.17, 15) is 24.0 Å². The van der Waals surface area contributed by atoms with Gasteiger partial charge in [-0.3, -0.25) is 34.3 Å². The molecular weight excluding hydrogens is 550 g/mol. The van der Waals surface area contributed by atoms with E-state index in [4.69, 9.17) is 4.74 Å². The average Bonchev–Trinajstić information content (AvgIpc) is 3.17. The van der Waals surface area contributed by atoms with Crippen LogP contribution in [0.2, 0.25) is 0 Å². The SMILES string of the molecule is CC(C)(C)OC(=O)N1CCC(CN2CCN(c3cccc4c3C(=O)N(C3CCC(=O)NC3=O)C4=O)CC2)CC1C(C)(C)C. The molecule has 1 aromatic rings. The van der Waals surface area contributed by atoms with Gasteiger partial charge in [0.25, 0.3) is 11.8 Å². The van der Waals surface area contributed by atoms with Gasteiger partial charge in [0.05, 0.1) is 16.8 Å². The Morgan fingerprint density at radius 1 is 0.930 bits per heavy atom. The number of piperidine rings is 2. The number of piperazine rings is 1. The highest BCUT2D eigenvalue weighted by atomic mass is 16.6. The molecule has 3 fully saturated rings. The predicted octanol–water partition coefficient (Wildman–Crippen LogP) is 3.27. The average molecular weight is 596 g/mol. The summed E-state index contributed by atoms with van der Waals surface area (Å²) in [5.74, 6) is -1.50. The zero-order chi connectivity index (χ0) is 31.3. The number of imide groups is 2. The number of fused-ring (bicyclic) bond motifs is 1. The smallest absolute Gasteiger partial charge is 0.410 e. The van der Waals surface area contributed by atoms with Gasteiger partial charge in [0, 0.05) is 51.7 Å². The number of carbonyl (C=O) groups excluding carboxylic acids is 5. The van der Waals surface area contributed by atoms with Crippen molar-refractivity contribution in [2.24, 2.45) is 11.3 Å². The molecule has 0 aromatic heterocycles. The number of likely N-dealkylation sites (tertiary alicyclic amines) is 1. The highest BCUT2D eigenvalue weighted by Crippen LogP contribution is 2.37. The lowest BCUT2D eigenvalue weighted by molar-refractivity contribution is -0.136. The van der Waals surface area contributed by atoms with Crippen molar-refractivity contribution in [2.75, 3.05) is 44.2 Å². The number of benzene rings is 1. The second kappa shape index (κ2) is 11.6. The van der Waals surface area contributed by atoms with Crippen LogP contribution in [-0.4, -0.2) is 101 Å². The Hall–Kier alpha value is -3.47. The Bertz CT molecular complexity index is 1310. The fourth-order valence-corrected chi connectivity index (χ4v) is 6.86. The molecule has 3 saturated heterocycles. The molecule has 0 aliphatic carbocycles. The van der Waals surface area contributed by atoms with Crippen molar-refractivity contribution < 1.29 is 28.7 Å². The highest BCUT2D eigenvalue weighted by molar-refractivity contribution is 6.25. The molecule has 4 aliphatic rings. The van der Waals surface area contributed by atoms with Crippen molar-refractivity contribution >= 4 is 35.4 Å². The molecule has 3 atom stereocenters. The normalized spacial score (nSPS) is 25.6. The van der Waals surface area contributed by atoms with Crippen molar-refractivity contribution in [1.29, 1.82) is 0 Å². The van der Waals surface area contributed by atoms with Crippen LogP contribution in [0.4, 0.5) is 10.5 Å². The minimum atomic E-state index is -0.978. The number of hydrogen-bond donors (Lipinski definition) is 1. The topological polar surface area (TPSA) is 120 Å². The van der Waals surface area contributed by atoms with E-state index in [2.05, 4.69) is 35.9 Å². The van der Waals surface area contributed by atoms with Crippen LogP contribution in [0, 0.1) is 11.3 Å². The molecule has 4 aliphatic heterocycles. The second-order valence-electron chi connectivity index (χ2n) is 14.4. The van der Waals surface area contributed by atoms with E-state index in [-0.39, 0.29) is 36.3 Å². The Labute approximate surface area is 253 Å². The molecule has 0 saturated carbocycles. The summed E-state index contributed by atoms with van der Waals surface area (Å²) < 4.78 is 5.73. The molecule has 5 rings (SSSR count). The van der Waals surface area contributed by atoms with E-state index in [1.54, 1.807) is 12.1 Å². The summed E-state index contributed by atoms with van der Waals surface area (Å²) in [6.45, 7) is 16.9. The number of nitrogens with one attached hydrogen (secondary N) is 1. The van der Waals surface area contributed by atoms with Gasteiger partial charge in [-0.25, -0.2) is 4.79 Å². The molecule has 234 valence electrons. The van der Waals surface area contributed by atoms with Crippen molar-refractivity contribution in [2.45, 2.75) is 84.9 Å². The van der Waals surface area contributed by atoms with Gasteiger partial charge in [-0.15, -0.1) is 0 Å². The number of rotatable bonds is 4. The molecule has 0 bridgehead atoms. The van der Waals surface area contributed by atoms with Gasteiger partial charge in [0.15, 0.2) is 0 Å². The lowest BCUT2D eigenvalue weighted by Gasteiger charge is -2.47. The van der Waals surface area contributed by atoms with E-state index >= 15 is 0 Å². The van der Waals surface area contributed by atoms with Crippen LogP contribution in [0.15, 0.2) is 18.2 Å². The molecule has 1 aromatic carbocycles. The van der Waals surface area contributed by atoms with Crippen LogP contribution in [0.25, 0.3) is 0 Å². The molecule has 0 radical (unpaired) electrons. The molecule has 43 heavy (non-hydrogen) atoms. The maximum atomic E-state index is 13.6. The maximum absolute atomic E-state index is 13.6. The summed E-state index contributed by atoms with van der Waals surface area (Å²) in [5.41, 5.74) is 0.750. The number of hydrogen-bond acceptors (Lipinski definition) is 8. The van der Waals surface area contributed by atoms with Crippen molar-refractivity contribution in [3.63, 3.8) is 0 Å². The van der Waals surface area contributed by atoms with Crippen molar-refractivity contribution in [3.8, 4) is 0 Å². The van der Waals surface area contributed by atoms with Crippen LogP contribution in [-0.2, 0) is 14.3 Å². The molecule has 11 heteroatoms. The monoisotopic (exact) mass is 595 g/mol. The summed E-state index contributed by atoms with van der Waals surface area (Å²) in [6.07, 6.45) is 1.83. The molecule has 5 amide bonds. The van der Waals surface area contributed by atoms with E-state index in [1.165, 1.54) is 0 Å². The number of carbonyl (C=O) groups is 5. The van der Waals surface area contributed by atoms with Gasteiger partial charge < -0.3 is 14.5 Å². The van der Waals surface area contributed by atoms with Gasteiger partial charge in [-0.05, 0) is 63.5 Å². The van der Waals surface area contributed by atoms with Gasteiger partial charge in [0.1, 0.15) is 11.6 Å². The van der Waals surface area contributed by atoms with Crippen LogP contribution >= 0.6 is 0 Å². The highest BCUT2D eigenvalue weighted by Gasteiger charge is 2.46. The van der Waals surface area contributed by atoms with E-state index in [0.29, 0.717) is 42.4 Å². The first-order valence-electron chi connectivity index (χ1n) is 15.5. The number of amides is 5. The molecule has 3 unspecified atom stereocenters. The van der Waals surface area contributed by atoms with Crippen LogP contribution in [0.5, 0.6) is 0 Å². The number of anilines is 1. The summed E-state index contributed by atoms with van der Waals surface area (Å²) in [7, 11) is 0. The summed E-state index contributed by atoms with van der Waals surface area (Å²) in [5, 5.41) is 2.25. The molecular formula is C32H45N5O6. The molecule has 11 nitrogen and oxygen atoms in total. The third-order valence-corrected chi connectivity index (χ3v) is 9.01. The van der Waals surface area contributed by atoms with Crippen LogP contribution < -0.4 is 10.2 Å². The Morgan fingerprint density at radius 3 is 2.26 bits per heavy atom. The number of nitrogens with zero attached hydrogens (tertiary/aromatic N) is 4. The Kier molecular flexibility index (Phi) is 8.32. The Balaban J connectivity index is 1.22. The molecule has 0 spiro atoms. The standard InChI is InChI=1S/C32H45N5O6/c1-31(2,3)24-18-20(12-13-36(24)30(42)43-32(4,5)6)19-34-14-16-35(17-15-34)22-9-7-8-21-26(22)29(41)37(28(21)40)23-10-11-25(38)33-27(23)39/h7-9,20,23-24H,10-19H2,1-6H3,(H,33,38,39). The van der Waals surface area contributed by atoms with Gasteiger partial charge in [-0.1, -0.05) is 26.8 Å². The van der Waals surface area contributed by atoms with Gasteiger partial charge in [0.2, 0.25) is 11.8 Å². The summed E-state index contributed by atoms with van der Waals surface area (Å²) in [6, 6.07) is 4.40. The van der Waals surface area contributed by atoms with Crippen molar-refractivity contribution in [1.82, 2.24) is 20.0 Å².